The van der Waals surface area contributed by atoms with Gasteiger partial charge < -0.3 is 4.74 Å². The highest BCUT2D eigenvalue weighted by Crippen LogP contribution is 2.32. The van der Waals surface area contributed by atoms with Crippen LogP contribution in [0, 0.1) is 0 Å². The quantitative estimate of drug-likeness (QED) is 0.744. The Balaban J connectivity index is 1.45. The van der Waals surface area contributed by atoms with Crippen molar-refractivity contribution in [1.29, 1.82) is 0 Å². The summed E-state index contributed by atoms with van der Waals surface area (Å²) in [6.45, 7) is 1.65. The van der Waals surface area contributed by atoms with Gasteiger partial charge in [0.15, 0.2) is 0 Å². The number of morpholine rings is 1. The summed E-state index contributed by atoms with van der Waals surface area (Å²) in [6, 6.07) is 13.5. The van der Waals surface area contributed by atoms with Crippen LogP contribution in [0.5, 0.6) is 0 Å². The summed E-state index contributed by atoms with van der Waals surface area (Å²) in [5.74, 6) is 0.155. The van der Waals surface area contributed by atoms with Crippen molar-refractivity contribution in [2.24, 2.45) is 0 Å². The fraction of sp³-hybridized carbons (Fsp3) is 0.400. The van der Waals surface area contributed by atoms with Crippen molar-refractivity contribution < 1.29 is 21.6 Å². The Morgan fingerprint density at radius 2 is 1.59 bits per heavy atom. The zero-order valence-electron chi connectivity index (χ0n) is 16.0. The molecule has 1 unspecified atom stereocenters. The summed E-state index contributed by atoms with van der Waals surface area (Å²) in [4.78, 5) is 0.146. The van der Waals surface area contributed by atoms with Crippen LogP contribution in [-0.4, -0.2) is 54.0 Å². The molecular weight excluding hydrogens is 412 g/mol. The molecule has 0 spiro atoms. The van der Waals surface area contributed by atoms with E-state index in [0.29, 0.717) is 32.8 Å². The minimum absolute atomic E-state index is 0.0599. The van der Waals surface area contributed by atoms with Crippen LogP contribution in [0.4, 0.5) is 0 Å². The number of ether oxygens (including phenoxy) is 1. The maximum absolute atomic E-state index is 12.7. The van der Waals surface area contributed by atoms with E-state index in [1.807, 2.05) is 18.2 Å². The smallest absolute Gasteiger partial charge is 0.243 e. The molecule has 1 atom stereocenters. The van der Waals surface area contributed by atoms with Crippen molar-refractivity contribution >= 4 is 20.0 Å². The predicted molar refractivity (Wildman–Crippen MR) is 109 cm³/mol. The van der Waals surface area contributed by atoms with Gasteiger partial charge in [0, 0.05) is 19.6 Å². The third-order valence-electron chi connectivity index (χ3n) is 5.52. The monoisotopic (exact) mass is 436 g/mol. The molecule has 7 nitrogen and oxygen atoms in total. The lowest BCUT2D eigenvalue weighted by atomic mass is 10.0. The van der Waals surface area contributed by atoms with Crippen molar-refractivity contribution in [2.75, 3.05) is 32.8 Å². The zero-order valence-corrected chi connectivity index (χ0v) is 17.6. The number of aryl methyl sites for hydroxylation is 1. The number of rotatable bonds is 6. The third kappa shape index (κ3) is 4.24. The fourth-order valence-corrected chi connectivity index (χ4v) is 6.37. The minimum Gasteiger partial charge on any atom is -0.379 e. The molecule has 1 heterocycles. The highest BCUT2D eigenvalue weighted by molar-refractivity contribution is 7.89. The van der Waals surface area contributed by atoms with Crippen molar-refractivity contribution in [2.45, 2.75) is 28.6 Å². The maximum Gasteiger partial charge on any atom is 0.243 e. The first-order valence-electron chi connectivity index (χ1n) is 9.63. The van der Waals surface area contributed by atoms with Gasteiger partial charge in [0.05, 0.1) is 23.0 Å². The van der Waals surface area contributed by atoms with Crippen LogP contribution in [0.2, 0.25) is 0 Å². The van der Waals surface area contributed by atoms with Crippen molar-refractivity contribution in [3.8, 4) is 0 Å². The molecule has 0 radical (unpaired) electrons. The van der Waals surface area contributed by atoms with Gasteiger partial charge in [-0.05, 0) is 54.2 Å². The highest BCUT2D eigenvalue weighted by atomic mass is 32.2. The molecular formula is C20H24N2O5S2. The van der Waals surface area contributed by atoms with E-state index in [1.54, 1.807) is 0 Å². The summed E-state index contributed by atoms with van der Waals surface area (Å²) >= 11 is 0. The van der Waals surface area contributed by atoms with Crippen molar-refractivity contribution in [1.82, 2.24) is 9.03 Å². The molecule has 2 aromatic rings. The molecule has 2 aromatic carbocycles. The topological polar surface area (TPSA) is 92.8 Å². The number of hydrogen-bond donors (Lipinski definition) is 1. The lowest BCUT2D eigenvalue weighted by molar-refractivity contribution is 0.0730. The molecule has 156 valence electrons. The van der Waals surface area contributed by atoms with Crippen LogP contribution in [0.25, 0.3) is 0 Å². The normalized spacial score (nSPS) is 20.5. The first kappa shape index (κ1) is 20.5. The summed E-state index contributed by atoms with van der Waals surface area (Å²) in [7, 11) is -7.36. The molecule has 0 aromatic heterocycles. The molecule has 1 saturated heterocycles. The summed E-state index contributed by atoms with van der Waals surface area (Å²) in [5, 5.41) is 0. The van der Waals surface area contributed by atoms with Gasteiger partial charge in [0.1, 0.15) is 0 Å². The molecule has 1 aliphatic heterocycles. The third-order valence-corrected chi connectivity index (χ3v) is 8.87. The predicted octanol–water partition coefficient (Wildman–Crippen LogP) is 1.72. The second kappa shape index (κ2) is 8.16. The van der Waals surface area contributed by atoms with Gasteiger partial charge in [0.25, 0.3) is 0 Å². The first-order valence-corrected chi connectivity index (χ1v) is 12.6. The Hall–Kier alpha value is -1.78. The van der Waals surface area contributed by atoms with Crippen molar-refractivity contribution in [3.05, 3.63) is 59.7 Å². The van der Waals surface area contributed by atoms with E-state index in [4.69, 9.17) is 4.74 Å². The molecule has 29 heavy (non-hydrogen) atoms. The zero-order chi connectivity index (χ0) is 20.5. The van der Waals surface area contributed by atoms with Gasteiger partial charge in [-0.3, -0.25) is 0 Å². The molecule has 9 heteroatoms. The van der Waals surface area contributed by atoms with Crippen LogP contribution in [0.3, 0.4) is 0 Å². The van der Waals surface area contributed by atoms with Crippen LogP contribution in [-0.2, 0) is 31.2 Å². The second-order valence-corrected chi connectivity index (χ2v) is 11.0. The van der Waals surface area contributed by atoms with Crippen LogP contribution < -0.4 is 4.72 Å². The Kier molecular flexibility index (Phi) is 5.76. The largest absolute Gasteiger partial charge is 0.379 e. The highest BCUT2D eigenvalue weighted by Gasteiger charge is 2.27. The van der Waals surface area contributed by atoms with E-state index in [2.05, 4.69) is 10.8 Å². The van der Waals surface area contributed by atoms with Gasteiger partial charge >= 0.3 is 0 Å². The molecule has 0 saturated carbocycles. The summed E-state index contributed by atoms with van der Waals surface area (Å²) in [6.07, 6.45) is 1.87. The van der Waals surface area contributed by atoms with Crippen molar-refractivity contribution in [3.63, 3.8) is 0 Å². The molecule has 0 bridgehead atoms. The number of fused-ring (bicyclic) bond motifs is 1. The average Bonchev–Trinajstić information content (AvgIpc) is 3.16. The molecule has 1 fully saturated rings. The number of nitrogens with zero attached hydrogens (tertiary/aromatic N) is 1. The maximum atomic E-state index is 12.7. The number of sulfonamides is 2. The number of hydrogen-bond acceptors (Lipinski definition) is 5. The van der Waals surface area contributed by atoms with Gasteiger partial charge in [-0.25, -0.2) is 21.6 Å². The van der Waals surface area contributed by atoms with Crippen LogP contribution in [0.15, 0.2) is 58.3 Å². The Labute approximate surface area is 171 Å². The van der Waals surface area contributed by atoms with E-state index in [0.717, 1.165) is 12.8 Å². The fourth-order valence-electron chi connectivity index (χ4n) is 3.88. The average molecular weight is 437 g/mol. The van der Waals surface area contributed by atoms with E-state index < -0.39 is 20.0 Å². The van der Waals surface area contributed by atoms with E-state index in [-0.39, 0.29) is 15.7 Å². The Bertz CT molecular complexity index is 1080. The van der Waals surface area contributed by atoms with Gasteiger partial charge in [-0.15, -0.1) is 0 Å². The summed E-state index contributed by atoms with van der Waals surface area (Å²) in [5.41, 5.74) is 2.47. The molecule has 0 amide bonds. The standard InChI is InChI=1S/C20H24N2O5S2/c23-28(24,21-15-17-6-5-16-3-1-2-4-20(16)17)18-7-9-19(10-8-18)29(25,26)22-11-13-27-14-12-22/h1-4,7-10,17,21H,5-6,11-15H2. The van der Waals surface area contributed by atoms with E-state index in [9.17, 15) is 16.8 Å². The van der Waals surface area contributed by atoms with Crippen LogP contribution in [0.1, 0.15) is 23.5 Å². The van der Waals surface area contributed by atoms with Gasteiger partial charge in [0.2, 0.25) is 20.0 Å². The lowest BCUT2D eigenvalue weighted by Gasteiger charge is -2.26. The molecule has 2 aliphatic rings. The number of nitrogens with one attached hydrogen (secondary N) is 1. The SMILES string of the molecule is O=S(=O)(NCC1CCc2ccccc21)c1ccc(S(=O)(=O)N2CCOCC2)cc1. The lowest BCUT2D eigenvalue weighted by Crippen LogP contribution is -2.40. The Morgan fingerprint density at radius 1 is 0.931 bits per heavy atom. The van der Waals surface area contributed by atoms with E-state index in [1.165, 1.54) is 39.7 Å². The molecule has 1 aliphatic carbocycles. The number of benzene rings is 2. The molecule has 1 N–H and O–H groups in total. The first-order chi connectivity index (χ1) is 13.9. The van der Waals surface area contributed by atoms with E-state index >= 15 is 0 Å². The summed E-state index contributed by atoms with van der Waals surface area (Å²) < 4.78 is 59.9. The van der Waals surface area contributed by atoms with Gasteiger partial charge in [-0.1, -0.05) is 24.3 Å². The Morgan fingerprint density at radius 3 is 2.31 bits per heavy atom. The minimum atomic E-state index is -3.72. The second-order valence-electron chi connectivity index (χ2n) is 7.27. The van der Waals surface area contributed by atoms with Gasteiger partial charge in [-0.2, -0.15) is 4.31 Å². The molecule has 4 rings (SSSR count). The van der Waals surface area contributed by atoms with Crippen LogP contribution >= 0.6 is 0 Å².